The van der Waals surface area contributed by atoms with Crippen LogP contribution in [0.2, 0.25) is 0 Å². The fourth-order valence-corrected chi connectivity index (χ4v) is 2.67. The molecule has 0 atom stereocenters. The summed E-state index contributed by atoms with van der Waals surface area (Å²) in [6.45, 7) is 1.18. The zero-order chi connectivity index (χ0) is 19.8. The highest BCUT2D eigenvalue weighted by Gasteiger charge is 2.21. The minimum absolute atomic E-state index is 0.181. The van der Waals surface area contributed by atoms with Crippen molar-refractivity contribution in [3.63, 3.8) is 0 Å². The standard InChI is InChI=1S/C18H23F2N3O4/c1-26-15-10-13(2-4-14(15)27-12-17(21)24)3-5-18(25)23-8-6-22(7-9-23)11-16(19)20/h2-5,10,16H,6-9,11-12H2,1H3,(H2,21,24)/b5-3+. The number of nitrogens with two attached hydrogens (primary N) is 1. The van der Waals surface area contributed by atoms with Gasteiger partial charge in [-0.15, -0.1) is 0 Å². The van der Waals surface area contributed by atoms with Crippen molar-refractivity contribution in [2.45, 2.75) is 6.43 Å². The van der Waals surface area contributed by atoms with Crippen LogP contribution in [0.3, 0.4) is 0 Å². The Morgan fingerprint density at radius 3 is 2.52 bits per heavy atom. The van der Waals surface area contributed by atoms with E-state index in [4.69, 9.17) is 15.2 Å². The monoisotopic (exact) mass is 383 g/mol. The maximum Gasteiger partial charge on any atom is 0.255 e. The van der Waals surface area contributed by atoms with E-state index in [1.165, 1.54) is 13.2 Å². The Hall–Kier alpha value is -2.68. The molecule has 2 amide bonds. The van der Waals surface area contributed by atoms with Crippen LogP contribution in [-0.2, 0) is 9.59 Å². The van der Waals surface area contributed by atoms with Crippen molar-refractivity contribution in [1.29, 1.82) is 0 Å². The number of hydrogen-bond donors (Lipinski definition) is 1. The summed E-state index contributed by atoms with van der Waals surface area (Å²) in [6, 6.07) is 5.00. The van der Waals surface area contributed by atoms with Crippen LogP contribution in [0, 0.1) is 0 Å². The molecule has 2 N–H and O–H groups in total. The second-order valence-corrected chi connectivity index (χ2v) is 6.02. The van der Waals surface area contributed by atoms with Crippen LogP contribution < -0.4 is 15.2 Å². The molecular weight excluding hydrogens is 360 g/mol. The van der Waals surface area contributed by atoms with E-state index in [0.29, 0.717) is 43.2 Å². The highest BCUT2D eigenvalue weighted by Crippen LogP contribution is 2.28. The number of hydrogen-bond acceptors (Lipinski definition) is 5. The number of rotatable bonds is 8. The van der Waals surface area contributed by atoms with Gasteiger partial charge in [0.1, 0.15) is 0 Å². The first-order valence-electron chi connectivity index (χ1n) is 8.45. The fourth-order valence-electron chi connectivity index (χ4n) is 2.67. The van der Waals surface area contributed by atoms with E-state index in [1.54, 1.807) is 34.1 Å². The molecule has 1 heterocycles. The van der Waals surface area contributed by atoms with E-state index in [-0.39, 0.29) is 19.1 Å². The molecule has 1 aliphatic rings. The lowest BCUT2D eigenvalue weighted by Gasteiger charge is -2.33. The van der Waals surface area contributed by atoms with Crippen molar-refractivity contribution in [2.24, 2.45) is 5.73 Å². The average Bonchev–Trinajstić information content (AvgIpc) is 2.64. The summed E-state index contributed by atoms with van der Waals surface area (Å²) in [5.41, 5.74) is 5.76. The van der Waals surface area contributed by atoms with Crippen LogP contribution in [0.1, 0.15) is 5.56 Å². The van der Waals surface area contributed by atoms with Crippen LogP contribution in [0.15, 0.2) is 24.3 Å². The van der Waals surface area contributed by atoms with Crippen LogP contribution in [0.4, 0.5) is 8.78 Å². The Bertz CT molecular complexity index is 689. The largest absolute Gasteiger partial charge is 0.493 e. The molecule has 0 bridgehead atoms. The van der Waals surface area contributed by atoms with Crippen LogP contribution in [0.5, 0.6) is 11.5 Å². The minimum Gasteiger partial charge on any atom is -0.493 e. The molecule has 0 saturated carbocycles. The number of halogens is 2. The molecule has 0 aromatic heterocycles. The van der Waals surface area contributed by atoms with E-state index in [0.717, 1.165) is 0 Å². The van der Waals surface area contributed by atoms with Gasteiger partial charge in [-0.05, 0) is 23.8 Å². The van der Waals surface area contributed by atoms with Gasteiger partial charge in [-0.25, -0.2) is 8.78 Å². The maximum atomic E-state index is 12.4. The third-order valence-corrected chi connectivity index (χ3v) is 4.06. The molecule has 1 fully saturated rings. The van der Waals surface area contributed by atoms with Gasteiger partial charge in [0.25, 0.3) is 12.3 Å². The molecular formula is C18H23F2N3O4. The smallest absolute Gasteiger partial charge is 0.255 e. The van der Waals surface area contributed by atoms with Gasteiger partial charge in [0.15, 0.2) is 18.1 Å². The molecule has 7 nitrogen and oxygen atoms in total. The van der Waals surface area contributed by atoms with E-state index in [9.17, 15) is 18.4 Å². The van der Waals surface area contributed by atoms with Crippen molar-refractivity contribution in [2.75, 3.05) is 46.4 Å². The molecule has 148 valence electrons. The molecule has 2 rings (SSSR count). The summed E-state index contributed by atoms with van der Waals surface area (Å²) >= 11 is 0. The predicted molar refractivity (Wildman–Crippen MR) is 95.7 cm³/mol. The van der Waals surface area contributed by atoms with Gasteiger partial charge in [-0.2, -0.15) is 0 Å². The van der Waals surface area contributed by atoms with E-state index in [2.05, 4.69) is 0 Å². The summed E-state index contributed by atoms with van der Waals surface area (Å²) in [7, 11) is 1.46. The van der Waals surface area contributed by atoms with E-state index in [1.807, 2.05) is 0 Å². The highest BCUT2D eigenvalue weighted by atomic mass is 19.3. The van der Waals surface area contributed by atoms with Crippen LogP contribution >= 0.6 is 0 Å². The fraction of sp³-hybridized carbons (Fsp3) is 0.444. The molecule has 0 aliphatic carbocycles. The number of carbonyl (C=O) groups is 2. The number of piperazine rings is 1. The first kappa shape index (κ1) is 20.6. The number of methoxy groups -OCH3 is 1. The Balaban J connectivity index is 1.93. The quantitative estimate of drug-likeness (QED) is 0.677. The van der Waals surface area contributed by atoms with Gasteiger partial charge in [0.05, 0.1) is 13.7 Å². The average molecular weight is 383 g/mol. The van der Waals surface area contributed by atoms with Gasteiger partial charge in [-0.3, -0.25) is 14.5 Å². The van der Waals surface area contributed by atoms with Crippen LogP contribution in [-0.4, -0.2) is 74.5 Å². The first-order chi connectivity index (χ1) is 12.9. The zero-order valence-electron chi connectivity index (χ0n) is 15.1. The Labute approximate surface area is 156 Å². The highest BCUT2D eigenvalue weighted by molar-refractivity contribution is 5.92. The van der Waals surface area contributed by atoms with Crippen LogP contribution in [0.25, 0.3) is 6.08 Å². The molecule has 1 aromatic carbocycles. The normalized spacial score (nSPS) is 15.3. The number of ether oxygens (including phenoxy) is 2. The van der Waals surface area contributed by atoms with Crippen molar-refractivity contribution in [3.05, 3.63) is 29.8 Å². The number of carbonyl (C=O) groups excluding carboxylic acids is 2. The van der Waals surface area contributed by atoms with Gasteiger partial charge < -0.3 is 20.1 Å². The molecule has 9 heteroatoms. The maximum absolute atomic E-state index is 12.4. The molecule has 0 radical (unpaired) electrons. The van der Waals surface area contributed by atoms with Crippen molar-refractivity contribution >= 4 is 17.9 Å². The van der Waals surface area contributed by atoms with Crippen molar-refractivity contribution < 1.29 is 27.8 Å². The van der Waals surface area contributed by atoms with Crippen molar-refractivity contribution in [1.82, 2.24) is 9.80 Å². The van der Waals surface area contributed by atoms with E-state index < -0.39 is 12.3 Å². The Kier molecular flexibility index (Phi) is 7.54. The molecule has 1 saturated heterocycles. The lowest BCUT2D eigenvalue weighted by Crippen LogP contribution is -2.49. The molecule has 0 unspecified atom stereocenters. The molecule has 1 aliphatic heterocycles. The third-order valence-electron chi connectivity index (χ3n) is 4.06. The summed E-state index contributed by atoms with van der Waals surface area (Å²) in [6.07, 6.45) is 0.701. The Morgan fingerprint density at radius 2 is 1.93 bits per heavy atom. The zero-order valence-corrected chi connectivity index (χ0v) is 15.1. The van der Waals surface area contributed by atoms with Gasteiger partial charge in [0, 0.05) is 32.3 Å². The van der Waals surface area contributed by atoms with Gasteiger partial charge in [-0.1, -0.05) is 6.07 Å². The number of nitrogens with zero attached hydrogens (tertiary/aromatic N) is 2. The Morgan fingerprint density at radius 1 is 1.22 bits per heavy atom. The molecule has 1 aromatic rings. The van der Waals surface area contributed by atoms with Gasteiger partial charge >= 0.3 is 0 Å². The third kappa shape index (κ3) is 6.52. The SMILES string of the molecule is COc1cc(/C=C/C(=O)N2CCN(CC(F)F)CC2)ccc1OCC(N)=O. The minimum atomic E-state index is -2.36. The topological polar surface area (TPSA) is 85.1 Å². The summed E-state index contributed by atoms with van der Waals surface area (Å²) in [5.74, 6) is 0.00128. The summed E-state index contributed by atoms with van der Waals surface area (Å²) in [5, 5.41) is 0. The number of primary amides is 1. The lowest BCUT2D eigenvalue weighted by molar-refractivity contribution is -0.127. The number of benzene rings is 1. The molecule has 0 spiro atoms. The second-order valence-electron chi connectivity index (χ2n) is 6.02. The lowest BCUT2D eigenvalue weighted by atomic mass is 10.2. The second kappa shape index (κ2) is 9.86. The predicted octanol–water partition coefficient (Wildman–Crippen LogP) is 0.982. The summed E-state index contributed by atoms with van der Waals surface area (Å²) < 4.78 is 35.2. The number of amides is 2. The van der Waals surface area contributed by atoms with E-state index >= 15 is 0 Å². The molecule has 27 heavy (non-hydrogen) atoms. The number of alkyl halides is 2. The first-order valence-corrected chi connectivity index (χ1v) is 8.45. The van der Waals surface area contributed by atoms with Gasteiger partial charge in [0.2, 0.25) is 5.91 Å². The summed E-state index contributed by atoms with van der Waals surface area (Å²) in [4.78, 5) is 26.3. The van der Waals surface area contributed by atoms with Crippen molar-refractivity contribution in [3.8, 4) is 11.5 Å².